The average Bonchev–Trinajstić information content (AvgIpc) is 2.52. The zero-order chi connectivity index (χ0) is 12.1. The number of aryl methyl sites for hydroxylation is 1. The van der Waals surface area contributed by atoms with Crippen LogP contribution in [0.4, 0.5) is 10.5 Å². The Balaban J connectivity index is 2.41. The van der Waals surface area contributed by atoms with Gasteiger partial charge in [0.25, 0.3) is 5.91 Å². The van der Waals surface area contributed by atoms with Crippen LogP contribution in [0.2, 0.25) is 0 Å². The van der Waals surface area contributed by atoms with Gasteiger partial charge < -0.3 is 26.7 Å². The van der Waals surface area contributed by atoms with Crippen molar-refractivity contribution in [3.63, 3.8) is 0 Å². The van der Waals surface area contributed by atoms with Crippen molar-refractivity contribution in [1.29, 1.82) is 0 Å². The Morgan fingerprint density at radius 1 is 1.38 bits per heavy atom. The quantitative estimate of drug-likeness (QED) is 0.493. The standard InChI is InChI=1S/C9H15N5O2/c1-14-5-6(10)4-7(14)8(15)12-2-3-13-9(11)16/h4-5H,2-3,10H2,1H3,(H,12,15)(H3,11,13,16). The van der Waals surface area contributed by atoms with E-state index in [9.17, 15) is 9.59 Å². The molecule has 0 aliphatic rings. The van der Waals surface area contributed by atoms with Gasteiger partial charge >= 0.3 is 6.03 Å². The van der Waals surface area contributed by atoms with Crippen molar-refractivity contribution >= 4 is 17.6 Å². The highest BCUT2D eigenvalue weighted by Gasteiger charge is 2.09. The van der Waals surface area contributed by atoms with Crippen LogP contribution in [-0.4, -0.2) is 29.6 Å². The third-order valence-electron chi connectivity index (χ3n) is 1.97. The average molecular weight is 225 g/mol. The summed E-state index contributed by atoms with van der Waals surface area (Å²) >= 11 is 0. The molecule has 0 spiro atoms. The first kappa shape index (κ1) is 11.9. The Kier molecular flexibility index (Phi) is 3.76. The van der Waals surface area contributed by atoms with Crippen LogP contribution < -0.4 is 22.1 Å². The topological polar surface area (TPSA) is 115 Å². The number of nitrogen functional groups attached to an aromatic ring is 1. The number of nitrogens with one attached hydrogen (secondary N) is 2. The molecule has 0 bridgehead atoms. The molecule has 1 rings (SSSR count). The smallest absolute Gasteiger partial charge is 0.312 e. The molecule has 7 nitrogen and oxygen atoms in total. The highest BCUT2D eigenvalue weighted by Crippen LogP contribution is 2.07. The highest BCUT2D eigenvalue weighted by atomic mass is 16.2. The molecule has 1 aromatic rings. The first-order chi connectivity index (χ1) is 7.50. The fraction of sp³-hybridized carbons (Fsp3) is 0.333. The highest BCUT2D eigenvalue weighted by molar-refractivity contribution is 5.93. The number of hydrogen-bond donors (Lipinski definition) is 4. The molecule has 0 saturated heterocycles. The molecule has 0 atom stereocenters. The minimum absolute atomic E-state index is 0.245. The fourth-order valence-corrected chi connectivity index (χ4v) is 1.27. The van der Waals surface area contributed by atoms with Gasteiger partial charge in [-0.3, -0.25) is 4.79 Å². The molecule has 6 N–H and O–H groups in total. The summed E-state index contributed by atoms with van der Waals surface area (Å²) in [7, 11) is 1.73. The number of carbonyl (C=O) groups excluding carboxylic acids is 2. The van der Waals surface area contributed by atoms with E-state index < -0.39 is 6.03 Å². The van der Waals surface area contributed by atoms with E-state index in [0.717, 1.165) is 0 Å². The van der Waals surface area contributed by atoms with Gasteiger partial charge in [-0.1, -0.05) is 0 Å². The zero-order valence-corrected chi connectivity index (χ0v) is 8.99. The lowest BCUT2D eigenvalue weighted by Crippen LogP contribution is -2.37. The number of hydrogen-bond acceptors (Lipinski definition) is 3. The van der Waals surface area contributed by atoms with Gasteiger partial charge in [0.05, 0.1) is 5.69 Å². The maximum absolute atomic E-state index is 11.6. The number of rotatable bonds is 4. The van der Waals surface area contributed by atoms with E-state index in [2.05, 4.69) is 10.6 Å². The van der Waals surface area contributed by atoms with Crippen LogP contribution >= 0.6 is 0 Å². The van der Waals surface area contributed by atoms with Gasteiger partial charge in [0.2, 0.25) is 0 Å². The molecular formula is C9H15N5O2. The summed E-state index contributed by atoms with van der Waals surface area (Å²) in [6.45, 7) is 0.605. The van der Waals surface area contributed by atoms with Crippen LogP contribution in [0, 0.1) is 0 Å². The molecular weight excluding hydrogens is 210 g/mol. The van der Waals surface area contributed by atoms with Crippen LogP contribution in [0.1, 0.15) is 10.5 Å². The van der Waals surface area contributed by atoms with Crippen molar-refractivity contribution in [2.24, 2.45) is 12.8 Å². The van der Waals surface area contributed by atoms with Crippen LogP contribution in [0.5, 0.6) is 0 Å². The lowest BCUT2D eigenvalue weighted by Gasteiger charge is -2.05. The van der Waals surface area contributed by atoms with Crippen LogP contribution in [0.25, 0.3) is 0 Å². The van der Waals surface area contributed by atoms with E-state index in [1.54, 1.807) is 23.9 Å². The number of nitrogens with zero attached hydrogens (tertiary/aromatic N) is 1. The predicted molar refractivity (Wildman–Crippen MR) is 59.7 cm³/mol. The molecule has 88 valence electrons. The molecule has 0 aliphatic heterocycles. The Bertz CT molecular complexity index is 399. The fourth-order valence-electron chi connectivity index (χ4n) is 1.27. The van der Waals surface area contributed by atoms with Crippen molar-refractivity contribution in [3.05, 3.63) is 18.0 Å². The summed E-state index contributed by atoms with van der Waals surface area (Å²) in [4.78, 5) is 21.9. The Morgan fingerprint density at radius 2 is 2.00 bits per heavy atom. The normalized spacial score (nSPS) is 9.81. The number of aromatic nitrogens is 1. The third kappa shape index (κ3) is 3.19. The van der Waals surface area contributed by atoms with Gasteiger partial charge in [-0.05, 0) is 6.07 Å². The van der Waals surface area contributed by atoms with Crippen molar-refractivity contribution in [1.82, 2.24) is 15.2 Å². The molecule has 0 radical (unpaired) electrons. The summed E-state index contributed by atoms with van der Waals surface area (Å²) in [5.41, 5.74) is 11.4. The van der Waals surface area contributed by atoms with Crippen LogP contribution in [0.15, 0.2) is 12.3 Å². The van der Waals surface area contributed by atoms with Crippen LogP contribution in [-0.2, 0) is 7.05 Å². The maximum Gasteiger partial charge on any atom is 0.312 e. The SMILES string of the molecule is Cn1cc(N)cc1C(=O)NCCNC(N)=O. The second kappa shape index (κ2) is 5.06. The van der Waals surface area contributed by atoms with Gasteiger partial charge in [-0.2, -0.15) is 0 Å². The Morgan fingerprint density at radius 3 is 2.50 bits per heavy atom. The van der Waals surface area contributed by atoms with E-state index in [1.807, 2.05) is 0 Å². The number of nitrogens with two attached hydrogens (primary N) is 2. The third-order valence-corrected chi connectivity index (χ3v) is 1.97. The van der Waals surface area contributed by atoms with E-state index >= 15 is 0 Å². The molecule has 0 fully saturated rings. The second-order valence-corrected chi connectivity index (χ2v) is 3.32. The minimum atomic E-state index is -0.614. The second-order valence-electron chi connectivity index (χ2n) is 3.32. The number of amides is 3. The molecule has 3 amide bonds. The lowest BCUT2D eigenvalue weighted by molar-refractivity contribution is 0.0946. The van der Waals surface area contributed by atoms with Gasteiger partial charge in [0.15, 0.2) is 0 Å². The molecule has 16 heavy (non-hydrogen) atoms. The largest absolute Gasteiger partial charge is 0.397 e. The lowest BCUT2D eigenvalue weighted by atomic mass is 10.4. The zero-order valence-electron chi connectivity index (χ0n) is 8.99. The minimum Gasteiger partial charge on any atom is -0.397 e. The van der Waals surface area contributed by atoms with Gasteiger partial charge in [-0.15, -0.1) is 0 Å². The molecule has 1 aromatic heterocycles. The maximum atomic E-state index is 11.6. The van der Waals surface area contributed by atoms with E-state index in [-0.39, 0.29) is 5.91 Å². The van der Waals surface area contributed by atoms with Gasteiger partial charge in [0, 0.05) is 26.3 Å². The first-order valence-electron chi connectivity index (χ1n) is 4.74. The molecule has 0 aromatic carbocycles. The summed E-state index contributed by atoms with van der Waals surface area (Å²) in [6, 6.07) is 0.967. The molecule has 0 saturated carbocycles. The summed E-state index contributed by atoms with van der Waals surface area (Å²) in [5, 5.41) is 4.99. The van der Waals surface area contributed by atoms with E-state index in [1.165, 1.54) is 0 Å². The van der Waals surface area contributed by atoms with Gasteiger partial charge in [0.1, 0.15) is 5.69 Å². The van der Waals surface area contributed by atoms with E-state index in [0.29, 0.717) is 24.5 Å². The van der Waals surface area contributed by atoms with Crippen molar-refractivity contribution in [2.45, 2.75) is 0 Å². The number of urea groups is 1. The Hall–Kier alpha value is -2.18. The van der Waals surface area contributed by atoms with Crippen molar-refractivity contribution in [3.8, 4) is 0 Å². The first-order valence-corrected chi connectivity index (χ1v) is 4.74. The molecule has 7 heteroatoms. The summed E-state index contributed by atoms with van der Waals surface area (Å²) in [5.74, 6) is -0.245. The van der Waals surface area contributed by atoms with Gasteiger partial charge in [-0.25, -0.2) is 4.79 Å². The number of primary amides is 1. The Labute approximate surface area is 92.8 Å². The van der Waals surface area contributed by atoms with E-state index in [4.69, 9.17) is 11.5 Å². The summed E-state index contributed by atoms with van der Waals surface area (Å²) < 4.78 is 1.63. The van der Waals surface area contributed by atoms with Crippen molar-refractivity contribution < 1.29 is 9.59 Å². The number of anilines is 1. The predicted octanol–water partition coefficient (Wildman–Crippen LogP) is -0.995. The molecule has 1 heterocycles. The molecule has 0 aliphatic carbocycles. The van der Waals surface area contributed by atoms with Crippen molar-refractivity contribution in [2.75, 3.05) is 18.8 Å². The van der Waals surface area contributed by atoms with Crippen LogP contribution in [0.3, 0.4) is 0 Å². The monoisotopic (exact) mass is 225 g/mol. The number of carbonyl (C=O) groups is 2. The summed E-state index contributed by atoms with van der Waals surface area (Å²) in [6.07, 6.45) is 1.65. The molecule has 0 unspecified atom stereocenters.